The molecule has 1 aromatic rings. The van der Waals surface area contributed by atoms with Gasteiger partial charge in [-0.1, -0.05) is 0 Å². The lowest BCUT2D eigenvalue weighted by Gasteiger charge is -1.97. The number of halogens is 1. The van der Waals surface area contributed by atoms with Crippen molar-refractivity contribution in [2.24, 2.45) is 0 Å². The van der Waals surface area contributed by atoms with Crippen LogP contribution in [0.2, 0.25) is 0 Å². The molecule has 66 valence electrons. The number of carbonyl (C=O) groups excluding carboxylic acids is 1. The molecule has 0 N–H and O–H groups in total. The van der Waals surface area contributed by atoms with Gasteiger partial charge in [0.15, 0.2) is 0 Å². The third-order valence-electron chi connectivity index (χ3n) is 1.38. The predicted octanol–water partition coefficient (Wildman–Crippen LogP) is 0.908. The minimum Gasteiger partial charge on any atom is -0.383 e. The molecule has 0 unspecified atom stereocenters. The molecule has 4 nitrogen and oxygen atoms in total. The summed E-state index contributed by atoms with van der Waals surface area (Å²) in [5, 5.41) is 3.42. The fourth-order valence-corrected chi connectivity index (χ4v) is 0.870. The summed E-state index contributed by atoms with van der Waals surface area (Å²) >= 11 is 5.23. The first-order chi connectivity index (χ1) is 5.74. The summed E-state index contributed by atoms with van der Waals surface area (Å²) in [6.45, 7) is 1.19. The van der Waals surface area contributed by atoms with E-state index < -0.39 is 5.24 Å². The van der Waals surface area contributed by atoms with E-state index in [1.165, 1.54) is 6.20 Å². The number of aromatic nitrogens is 2. The molecule has 5 heteroatoms. The summed E-state index contributed by atoms with van der Waals surface area (Å²) < 4.78 is 6.45. The number of hydrogen-bond donors (Lipinski definition) is 0. The summed E-state index contributed by atoms with van der Waals surface area (Å²) in [5.41, 5.74) is 0.410. The van der Waals surface area contributed by atoms with E-state index in [2.05, 4.69) is 5.10 Å². The van der Waals surface area contributed by atoms with E-state index in [-0.39, 0.29) is 0 Å². The molecular formula is C7H9ClN2O2. The Bertz CT molecular complexity index is 272. The zero-order valence-corrected chi connectivity index (χ0v) is 7.41. The predicted molar refractivity (Wildman–Crippen MR) is 44.3 cm³/mol. The average molecular weight is 189 g/mol. The average Bonchev–Trinajstić information content (AvgIpc) is 2.48. The monoisotopic (exact) mass is 188 g/mol. The van der Waals surface area contributed by atoms with Gasteiger partial charge in [-0.3, -0.25) is 9.48 Å². The van der Waals surface area contributed by atoms with Gasteiger partial charge >= 0.3 is 0 Å². The number of carbonyl (C=O) groups is 1. The largest absolute Gasteiger partial charge is 0.383 e. The summed E-state index contributed by atoms with van der Waals surface area (Å²) in [4.78, 5) is 10.6. The van der Waals surface area contributed by atoms with Crippen molar-refractivity contribution in [3.63, 3.8) is 0 Å². The van der Waals surface area contributed by atoms with Crippen LogP contribution in [0.1, 0.15) is 10.4 Å². The maximum atomic E-state index is 10.6. The third-order valence-corrected chi connectivity index (χ3v) is 1.60. The first-order valence-corrected chi connectivity index (χ1v) is 3.83. The van der Waals surface area contributed by atoms with Gasteiger partial charge in [0.1, 0.15) is 0 Å². The molecule has 0 aliphatic rings. The van der Waals surface area contributed by atoms with Crippen LogP contribution >= 0.6 is 11.6 Å². The molecule has 0 aromatic carbocycles. The maximum Gasteiger partial charge on any atom is 0.255 e. The van der Waals surface area contributed by atoms with Crippen molar-refractivity contribution < 1.29 is 9.53 Å². The lowest BCUT2D eigenvalue weighted by molar-refractivity contribution is 0.108. The van der Waals surface area contributed by atoms with Crippen LogP contribution < -0.4 is 0 Å². The van der Waals surface area contributed by atoms with Crippen molar-refractivity contribution >= 4 is 16.8 Å². The maximum absolute atomic E-state index is 10.6. The second kappa shape index (κ2) is 4.23. The van der Waals surface area contributed by atoms with E-state index in [4.69, 9.17) is 16.3 Å². The van der Waals surface area contributed by atoms with Crippen LogP contribution in [0.5, 0.6) is 0 Å². The van der Waals surface area contributed by atoms with Crippen LogP contribution in [0.15, 0.2) is 12.4 Å². The standard InChI is InChI=1S/C7H9ClN2O2/c1-12-3-2-10-5-6(4-9-10)7(8)11/h4-5H,2-3H2,1H3. The van der Waals surface area contributed by atoms with Gasteiger partial charge in [0, 0.05) is 13.3 Å². The van der Waals surface area contributed by atoms with Crippen LogP contribution in [0.3, 0.4) is 0 Å². The van der Waals surface area contributed by atoms with Crippen molar-refractivity contribution in [1.82, 2.24) is 9.78 Å². The lowest BCUT2D eigenvalue weighted by Crippen LogP contribution is -2.04. The van der Waals surface area contributed by atoms with Gasteiger partial charge in [-0.2, -0.15) is 5.10 Å². The molecule has 1 rings (SSSR count). The summed E-state index contributed by atoms with van der Waals surface area (Å²) in [6.07, 6.45) is 3.03. The number of rotatable bonds is 4. The quantitative estimate of drug-likeness (QED) is 0.660. The van der Waals surface area contributed by atoms with Crippen LogP contribution in [-0.2, 0) is 11.3 Å². The molecule has 1 heterocycles. The smallest absolute Gasteiger partial charge is 0.255 e. The van der Waals surface area contributed by atoms with Gasteiger partial charge in [0.05, 0.1) is 24.9 Å². The van der Waals surface area contributed by atoms with Crippen molar-refractivity contribution in [3.05, 3.63) is 18.0 Å². The molecule has 0 spiro atoms. The highest BCUT2D eigenvalue weighted by Gasteiger charge is 2.03. The summed E-state index contributed by atoms with van der Waals surface area (Å²) in [5.74, 6) is 0. The zero-order valence-electron chi connectivity index (χ0n) is 6.66. The topological polar surface area (TPSA) is 44.1 Å². The number of methoxy groups -OCH3 is 1. The Morgan fingerprint density at radius 3 is 3.08 bits per heavy atom. The van der Waals surface area contributed by atoms with Crippen molar-refractivity contribution in [3.8, 4) is 0 Å². The Hall–Kier alpha value is -0.870. The highest BCUT2D eigenvalue weighted by molar-refractivity contribution is 6.67. The van der Waals surface area contributed by atoms with Gasteiger partial charge < -0.3 is 4.74 Å². The van der Waals surface area contributed by atoms with Crippen LogP contribution in [0.25, 0.3) is 0 Å². The fraction of sp³-hybridized carbons (Fsp3) is 0.429. The van der Waals surface area contributed by atoms with Crippen LogP contribution in [0, 0.1) is 0 Å². The molecule has 0 atom stereocenters. The minimum absolute atomic E-state index is 0.410. The molecule has 0 saturated heterocycles. The van der Waals surface area contributed by atoms with Crippen molar-refractivity contribution in [2.45, 2.75) is 6.54 Å². The second-order valence-electron chi connectivity index (χ2n) is 2.26. The second-order valence-corrected chi connectivity index (χ2v) is 2.60. The zero-order chi connectivity index (χ0) is 8.97. The first kappa shape index (κ1) is 9.22. The van der Waals surface area contributed by atoms with E-state index in [0.717, 1.165) is 0 Å². The number of nitrogens with zero attached hydrogens (tertiary/aromatic N) is 2. The van der Waals surface area contributed by atoms with Crippen LogP contribution in [-0.4, -0.2) is 28.7 Å². The molecule has 0 fully saturated rings. The Balaban J connectivity index is 2.58. The van der Waals surface area contributed by atoms with E-state index >= 15 is 0 Å². The number of ether oxygens (including phenoxy) is 1. The van der Waals surface area contributed by atoms with E-state index in [1.54, 1.807) is 18.0 Å². The van der Waals surface area contributed by atoms with Gasteiger partial charge in [-0.25, -0.2) is 0 Å². The van der Waals surface area contributed by atoms with Gasteiger partial charge in [-0.15, -0.1) is 0 Å². The molecule has 12 heavy (non-hydrogen) atoms. The van der Waals surface area contributed by atoms with Gasteiger partial charge in [-0.05, 0) is 11.6 Å². The molecule has 0 aliphatic heterocycles. The minimum atomic E-state index is -0.487. The third kappa shape index (κ3) is 2.32. The molecular weight excluding hydrogens is 180 g/mol. The summed E-state index contributed by atoms with van der Waals surface area (Å²) in [6, 6.07) is 0. The highest BCUT2D eigenvalue weighted by Crippen LogP contribution is 2.01. The normalized spacial score (nSPS) is 10.2. The lowest BCUT2D eigenvalue weighted by atomic mass is 10.4. The Morgan fingerprint density at radius 2 is 2.58 bits per heavy atom. The SMILES string of the molecule is COCCn1cc(C(=O)Cl)cn1. The Labute approximate surface area is 75.1 Å². The number of hydrogen-bond acceptors (Lipinski definition) is 3. The van der Waals surface area contributed by atoms with E-state index in [9.17, 15) is 4.79 Å². The Morgan fingerprint density at radius 1 is 1.83 bits per heavy atom. The first-order valence-electron chi connectivity index (χ1n) is 3.45. The van der Waals surface area contributed by atoms with E-state index in [1.807, 2.05) is 0 Å². The van der Waals surface area contributed by atoms with E-state index in [0.29, 0.717) is 18.7 Å². The van der Waals surface area contributed by atoms with Crippen molar-refractivity contribution in [1.29, 1.82) is 0 Å². The van der Waals surface area contributed by atoms with Crippen LogP contribution in [0.4, 0.5) is 0 Å². The fourth-order valence-electron chi connectivity index (χ4n) is 0.772. The summed E-state index contributed by atoms with van der Waals surface area (Å²) in [7, 11) is 1.61. The Kier molecular flexibility index (Phi) is 3.25. The molecule has 0 amide bonds. The van der Waals surface area contributed by atoms with Gasteiger partial charge in [0.2, 0.25) is 0 Å². The molecule has 0 radical (unpaired) electrons. The van der Waals surface area contributed by atoms with Gasteiger partial charge in [0.25, 0.3) is 5.24 Å². The molecule has 0 saturated carbocycles. The molecule has 1 aromatic heterocycles. The van der Waals surface area contributed by atoms with Crippen molar-refractivity contribution in [2.75, 3.05) is 13.7 Å². The highest BCUT2D eigenvalue weighted by atomic mass is 35.5. The molecule has 0 aliphatic carbocycles. The molecule has 0 bridgehead atoms.